The van der Waals surface area contributed by atoms with Gasteiger partial charge in [-0.3, -0.25) is 4.90 Å². The summed E-state index contributed by atoms with van der Waals surface area (Å²) in [5, 5.41) is 3.56. The Bertz CT molecular complexity index is 390. The number of likely N-dealkylation sites (tertiary alicyclic amines) is 1. The van der Waals surface area contributed by atoms with E-state index in [0.29, 0.717) is 6.04 Å². The molecule has 1 saturated heterocycles. The molecule has 0 aromatic heterocycles. The van der Waals surface area contributed by atoms with Gasteiger partial charge in [0.15, 0.2) is 0 Å². The van der Waals surface area contributed by atoms with Gasteiger partial charge in [-0.1, -0.05) is 25.5 Å². The first-order valence-electron chi connectivity index (χ1n) is 7.81. The van der Waals surface area contributed by atoms with E-state index in [0.717, 1.165) is 19.0 Å². The number of hydrogen-bond acceptors (Lipinski definition) is 3. The van der Waals surface area contributed by atoms with Crippen molar-refractivity contribution >= 4 is 11.8 Å². The maximum atomic E-state index is 3.56. The minimum absolute atomic E-state index is 0.562. The van der Waals surface area contributed by atoms with Gasteiger partial charge in [0, 0.05) is 10.9 Å². The standard InChI is InChI=1S/C17H28N2S/c1-4-18-13-15-7-5-6-12-19(2)17(15)14-8-10-16(20-3)11-9-14/h8-11,15,17-18H,4-7,12-13H2,1-3H3. The van der Waals surface area contributed by atoms with E-state index < -0.39 is 0 Å². The molecule has 2 atom stereocenters. The van der Waals surface area contributed by atoms with E-state index in [1.165, 1.54) is 36.3 Å². The highest BCUT2D eigenvalue weighted by atomic mass is 32.2. The number of nitrogens with zero attached hydrogens (tertiary/aromatic N) is 1. The molecule has 0 saturated carbocycles. The summed E-state index contributed by atoms with van der Waals surface area (Å²) in [6.45, 7) is 5.62. The van der Waals surface area contributed by atoms with Crippen LogP contribution in [0.5, 0.6) is 0 Å². The average molecular weight is 292 g/mol. The molecule has 1 aliphatic heterocycles. The lowest BCUT2D eigenvalue weighted by Crippen LogP contribution is -2.34. The molecule has 1 aliphatic rings. The fraction of sp³-hybridized carbons (Fsp3) is 0.647. The molecule has 2 unspecified atom stereocenters. The van der Waals surface area contributed by atoms with Gasteiger partial charge in [-0.25, -0.2) is 0 Å². The zero-order valence-corrected chi connectivity index (χ0v) is 13.9. The first kappa shape index (κ1) is 15.9. The first-order valence-corrected chi connectivity index (χ1v) is 9.03. The van der Waals surface area contributed by atoms with E-state index in [4.69, 9.17) is 0 Å². The Balaban J connectivity index is 2.19. The molecule has 2 rings (SSSR count). The Labute approximate surface area is 128 Å². The summed E-state index contributed by atoms with van der Waals surface area (Å²) >= 11 is 1.82. The van der Waals surface area contributed by atoms with Crippen molar-refractivity contribution in [2.75, 3.05) is 32.9 Å². The summed E-state index contributed by atoms with van der Waals surface area (Å²) in [7, 11) is 2.29. The van der Waals surface area contributed by atoms with E-state index in [2.05, 4.69) is 54.7 Å². The number of benzene rings is 1. The lowest BCUT2D eigenvalue weighted by Gasteiger charge is -2.33. The van der Waals surface area contributed by atoms with E-state index in [1.54, 1.807) is 0 Å². The second-order valence-electron chi connectivity index (χ2n) is 5.76. The van der Waals surface area contributed by atoms with Crippen molar-refractivity contribution in [2.24, 2.45) is 5.92 Å². The highest BCUT2D eigenvalue weighted by molar-refractivity contribution is 7.98. The van der Waals surface area contributed by atoms with Crippen molar-refractivity contribution in [1.29, 1.82) is 0 Å². The fourth-order valence-corrected chi connectivity index (χ4v) is 3.70. The molecule has 2 nitrogen and oxygen atoms in total. The molecule has 20 heavy (non-hydrogen) atoms. The Morgan fingerprint density at radius 2 is 2.00 bits per heavy atom. The Hall–Kier alpha value is -0.510. The van der Waals surface area contributed by atoms with Gasteiger partial charge in [-0.05, 0) is 69.4 Å². The molecule has 0 spiro atoms. The third kappa shape index (κ3) is 4.00. The van der Waals surface area contributed by atoms with Gasteiger partial charge >= 0.3 is 0 Å². The normalized spacial score (nSPS) is 24.6. The topological polar surface area (TPSA) is 15.3 Å². The molecule has 0 aliphatic carbocycles. The molecule has 1 heterocycles. The Kier molecular flexibility index (Phi) is 6.40. The highest BCUT2D eigenvalue weighted by Gasteiger charge is 2.28. The smallest absolute Gasteiger partial charge is 0.0385 e. The molecular weight excluding hydrogens is 264 g/mol. The fourth-order valence-electron chi connectivity index (χ4n) is 3.30. The van der Waals surface area contributed by atoms with E-state index >= 15 is 0 Å². The number of hydrogen-bond donors (Lipinski definition) is 1. The third-order valence-electron chi connectivity index (χ3n) is 4.37. The largest absolute Gasteiger partial charge is 0.317 e. The number of rotatable bonds is 5. The second-order valence-corrected chi connectivity index (χ2v) is 6.64. The summed E-state index contributed by atoms with van der Waals surface area (Å²) in [5.41, 5.74) is 1.48. The maximum absolute atomic E-state index is 3.56. The van der Waals surface area contributed by atoms with Crippen LogP contribution in [-0.2, 0) is 0 Å². The van der Waals surface area contributed by atoms with Gasteiger partial charge in [-0.15, -0.1) is 11.8 Å². The van der Waals surface area contributed by atoms with Crippen molar-refractivity contribution in [1.82, 2.24) is 10.2 Å². The van der Waals surface area contributed by atoms with E-state index in [1.807, 2.05) is 11.8 Å². The minimum atomic E-state index is 0.562. The van der Waals surface area contributed by atoms with Crippen LogP contribution in [0, 0.1) is 5.92 Å². The van der Waals surface area contributed by atoms with Crippen LogP contribution in [0.25, 0.3) is 0 Å². The minimum Gasteiger partial charge on any atom is -0.317 e. The molecular formula is C17H28N2S. The average Bonchev–Trinajstić information content (AvgIpc) is 2.67. The van der Waals surface area contributed by atoms with E-state index in [-0.39, 0.29) is 0 Å². The lowest BCUT2D eigenvalue weighted by atomic mass is 9.89. The second kappa shape index (κ2) is 8.06. The van der Waals surface area contributed by atoms with Crippen molar-refractivity contribution < 1.29 is 0 Å². The Morgan fingerprint density at radius 1 is 1.25 bits per heavy atom. The van der Waals surface area contributed by atoms with Crippen LogP contribution >= 0.6 is 11.8 Å². The number of thioether (sulfide) groups is 1. The van der Waals surface area contributed by atoms with Crippen molar-refractivity contribution in [3.05, 3.63) is 29.8 Å². The van der Waals surface area contributed by atoms with Gasteiger partial charge in [0.1, 0.15) is 0 Å². The maximum Gasteiger partial charge on any atom is 0.0385 e. The molecule has 0 radical (unpaired) electrons. The van der Waals surface area contributed by atoms with Crippen LogP contribution in [-0.4, -0.2) is 37.8 Å². The molecule has 0 bridgehead atoms. The Morgan fingerprint density at radius 3 is 2.65 bits per heavy atom. The first-order chi connectivity index (χ1) is 9.76. The quantitative estimate of drug-likeness (QED) is 0.831. The third-order valence-corrected chi connectivity index (χ3v) is 5.11. The van der Waals surface area contributed by atoms with Crippen LogP contribution in [0.2, 0.25) is 0 Å². The van der Waals surface area contributed by atoms with Crippen LogP contribution in [0.1, 0.15) is 37.8 Å². The highest BCUT2D eigenvalue weighted by Crippen LogP contribution is 2.34. The monoisotopic (exact) mass is 292 g/mol. The van der Waals surface area contributed by atoms with Gasteiger partial charge in [0.25, 0.3) is 0 Å². The van der Waals surface area contributed by atoms with Crippen LogP contribution < -0.4 is 5.32 Å². The van der Waals surface area contributed by atoms with Crippen LogP contribution in [0.15, 0.2) is 29.2 Å². The van der Waals surface area contributed by atoms with E-state index in [9.17, 15) is 0 Å². The molecule has 3 heteroatoms. The SMILES string of the molecule is CCNCC1CCCCN(C)C1c1ccc(SC)cc1. The molecule has 1 N–H and O–H groups in total. The zero-order chi connectivity index (χ0) is 14.4. The summed E-state index contributed by atoms with van der Waals surface area (Å²) < 4.78 is 0. The van der Waals surface area contributed by atoms with Crippen molar-refractivity contribution in [3.8, 4) is 0 Å². The van der Waals surface area contributed by atoms with Crippen LogP contribution in [0.4, 0.5) is 0 Å². The number of nitrogens with one attached hydrogen (secondary N) is 1. The predicted octanol–water partition coefficient (Wildman–Crippen LogP) is 3.79. The van der Waals surface area contributed by atoms with Crippen molar-refractivity contribution in [2.45, 2.75) is 37.1 Å². The van der Waals surface area contributed by atoms with Gasteiger partial charge in [-0.2, -0.15) is 0 Å². The molecule has 112 valence electrons. The van der Waals surface area contributed by atoms with Crippen molar-refractivity contribution in [3.63, 3.8) is 0 Å². The summed E-state index contributed by atoms with van der Waals surface area (Å²) in [5.74, 6) is 0.725. The molecule has 0 amide bonds. The summed E-state index contributed by atoms with van der Waals surface area (Å²) in [6, 6.07) is 9.76. The summed E-state index contributed by atoms with van der Waals surface area (Å²) in [4.78, 5) is 3.91. The van der Waals surface area contributed by atoms with Gasteiger partial charge in [0.05, 0.1) is 0 Å². The van der Waals surface area contributed by atoms with Crippen LogP contribution in [0.3, 0.4) is 0 Å². The van der Waals surface area contributed by atoms with Gasteiger partial charge < -0.3 is 5.32 Å². The predicted molar refractivity (Wildman–Crippen MR) is 89.5 cm³/mol. The molecule has 1 aromatic carbocycles. The molecule has 1 fully saturated rings. The zero-order valence-electron chi connectivity index (χ0n) is 13.1. The lowest BCUT2D eigenvalue weighted by molar-refractivity contribution is 0.189. The molecule has 1 aromatic rings. The van der Waals surface area contributed by atoms with Gasteiger partial charge in [0.2, 0.25) is 0 Å². The summed E-state index contributed by atoms with van der Waals surface area (Å²) in [6.07, 6.45) is 6.17.